The standard InChI is InChI=1S/C18H15FN6O/c1-9-2-3-13-11(5-21-24-13)17(9)14-7-25-8-15(22-16(25)6-20-14)23-18(26)10-4-12(10)19/h2-3,5-8,10,12H,4H2,1H3,(H,21,24)(H,23,26)/t10-,12+/m1/s1. The average molecular weight is 350 g/mol. The molecule has 26 heavy (non-hydrogen) atoms. The number of H-pyrrole nitrogens is 1. The Bertz CT molecular complexity index is 1160. The summed E-state index contributed by atoms with van der Waals surface area (Å²) in [5.74, 6) is -0.478. The maximum atomic E-state index is 13.0. The first kappa shape index (κ1) is 15.0. The molecule has 2 N–H and O–H groups in total. The number of imidazole rings is 1. The number of hydrogen-bond donors (Lipinski definition) is 2. The Kier molecular flexibility index (Phi) is 3.09. The number of aromatic nitrogens is 5. The Hall–Kier alpha value is -3.29. The molecular weight excluding hydrogens is 335 g/mol. The monoisotopic (exact) mass is 350 g/mol. The topological polar surface area (TPSA) is 88.0 Å². The molecule has 1 aromatic carbocycles. The third-order valence-corrected chi connectivity index (χ3v) is 4.73. The molecule has 1 amide bonds. The van der Waals surface area contributed by atoms with Crippen LogP contribution in [0.4, 0.5) is 10.2 Å². The number of hydrogen-bond acceptors (Lipinski definition) is 4. The number of benzene rings is 1. The average Bonchev–Trinajstić information content (AvgIpc) is 3.02. The van der Waals surface area contributed by atoms with E-state index >= 15 is 0 Å². The fourth-order valence-electron chi connectivity index (χ4n) is 3.21. The predicted octanol–water partition coefficient (Wildman–Crippen LogP) is 2.88. The summed E-state index contributed by atoms with van der Waals surface area (Å²) in [4.78, 5) is 20.7. The van der Waals surface area contributed by atoms with Crippen LogP contribution in [0.5, 0.6) is 0 Å². The van der Waals surface area contributed by atoms with Gasteiger partial charge in [-0.05, 0) is 25.0 Å². The number of fused-ring (bicyclic) bond motifs is 2. The van der Waals surface area contributed by atoms with E-state index in [1.807, 2.05) is 25.3 Å². The van der Waals surface area contributed by atoms with Gasteiger partial charge in [0.15, 0.2) is 11.5 Å². The smallest absolute Gasteiger partial charge is 0.231 e. The highest BCUT2D eigenvalue weighted by Gasteiger charge is 2.43. The molecule has 0 spiro atoms. The lowest BCUT2D eigenvalue weighted by molar-refractivity contribution is -0.117. The normalized spacial score (nSPS) is 19.2. The second-order valence-corrected chi connectivity index (χ2v) is 6.60. The zero-order chi connectivity index (χ0) is 17.8. The zero-order valence-electron chi connectivity index (χ0n) is 13.9. The van der Waals surface area contributed by atoms with E-state index in [4.69, 9.17) is 0 Å². The highest BCUT2D eigenvalue weighted by molar-refractivity contribution is 5.95. The third kappa shape index (κ3) is 2.33. The lowest BCUT2D eigenvalue weighted by Gasteiger charge is -2.07. The minimum absolute atomic E-state index is 0.291. The van der Waals surface area contributed by atoms with Crippen molar-refractivity contribution >= 4 is 28.3 Å². The number of carbonyl (C=O) groups is 1. The molecule has 8 heteroatoms. The molecule has 3 aromatic heterocycles. The van der Waals surface area contributed by atoms with Crippen molar-refractivity contribution in [1.82, 2.24) is 24.6 Å². The molecular formula is C18H15FN6O. The minimum atomic E-state index is -1.03. The van der Waals surface area contributed by atoms with Gasteiger partial charge in [0.05, 0.1) is 35.7 Å². The van der Waals surface area contributed by atoms with Gasteiger partial charge < -0.3 is 9.72 Å². The Morgan fingerprint density at radius 2 is 2.19 bits per heavy atom. The van der Waals surface area contributed by atoms with Gasteiger partial charge in [0.25, 0.3) is 0 Å². The largest absolute Gasteiger partial charge is 0.309 e. The molecule has 1 aliphatic carbocycles. The molecule has 3 heterocycles. The van der Waals surface area contributed by atoms with E-state index in [1.165, 1.54) is 0 Å². The van der Waals surface area contributed by atoms with Gasteiger partial charge in [0, 0.05) is 17.1 Å². The first-order valence-electron chi connectivity index (χ1n) is 8.33. The molecule has 0 unspecified atom stereocenters. The van der Waals surface area contributed by atoms with Crippen molar-refractivity contribution < 1.29 is 9.18 Å². The molecule has 5 rings (SSSR count). The number of aromatic amines is 1. The Labute approximate surface area is 147 Å². The Balaban J connectivity index is 1.54. The molecule has 1 saturated carbocycles. The van der Waals surface area contributed by atoms with Crippen LogP contribution in [-0.4, -0.2) is 36.6 Å². The van der Waals surface area contributed by atoms with Crippen LogP contribution in [0.2, 0.25) is 0 Å². The van der Waals surface area contributed by atoms with Crippen LogP contribution in [-0.2, 0) is 4.79 Å². The summed E-state index contributed by atoms with van der Waals surface area (Å²) in [7, 11) is 0. The Morgan fingerprint density at radius 1 is 1.35 bits per heavy atom. The van der Waals surface area contributed by atoms with Crippen LogP contribution < -0.4 is 5.32 Å². The van der Waals surface area contributed by atoms with Crippen molar-refractivity contribution in [3.8, 4) is 11.3 Å². The summed E-state index contributed by atoms with van der Waals surface area (Å²) in [6, 6.07) is 4.00. The Morgan fingerprint density at radius 3 is 3.00 bits per heavy atom. The van der Waals surface area contributed by atoms with Crippen LogP contribution in [0, 0.1) is 12.8 Å². The summed E-state index contributed by atoms with van der Waals surface area (Å²) in [5.41, 5.74) is 4.41. The second kappa shape index (κ2) is 5.35. The van der Waals surface area contributed by atoms with Crippen molar-refractivity contribution in [3.63, 3.8) is 0 Å². The van der Waals surface area contributed by atoms with Gasteiger partial charge in [0.1, 0.15) is 6.17 Å². The molecule has 0 saturated heterocycles. The van der Waals surface area contributed by atoms with Crippen LogP contribution in [0.15, 0.2) is 36.9 Å². The number of nitrogens with one attached hydrogen (secondary N) is 2. The molecule has 0 aliphatic heterocycles. The van der Waals surface area contributed by atoms with Gasteiger partial charge in [-0.2, -0.15) is 5.10 Å². The second-order valence-electron chi connectivity index (χ2n) is 6.60. The van der Waals surface area contributed by atoms with E-state index in [2.05, 4.69) is 25.5 Å². The van der Waals surface area contributed by atoms with Crippen molar-refractivity contribution in [3.05, 3.63) is 42.5 Å². The van der Waals surface area contributed by atoms with Gasteiger partial charge >= 0.3 is 0 Å². The summed E-state index contributed by atoms with van der Waals surface area (Å²) in [6.07, 6.45) is 6.27. The highest BCUT2D eigenvalue weighted by Crippen LogP contribution is 2.34. The fraction of sp³-hybridized carbons (Fsp3) is 0.222. The van der Waals surface area contributed by atoms with Gasteiger partial charge in [-0.15, -0.1) is 0 Å². The van der Waals surface area contributed by atoms with Crippen LogP contribution in [0.25, 0.3) is 27.8 Å². The zero-order valence-corrected chi connectivity index (χ0v) is 13.9. The molecule has 2 atom stereocenters. The molecule has 1 aliphatic rings. The maximum Gasteiger partial charge on any atom is 0.231 e. The molecule has 0 bridgehead atoms. The maximum absolute atomic E-state index is 13.0. The molecule has 130 valence electrons. The van der Waals surface area contributed by atoms with E-state index in [1.54, 1.807) is 23.0 Å². The van der Waals surface area contributed by atoms with E-state index in [-0.39, 0.29) is 5.91 Å². The van der Waals surface area contributed by atoms with Crippen molar-refractivity contribution in [1.29, 1.82) is 0 Å². The summed E-state index contributed by atoms with van der Waals surface area (Å²) in [6.45, 7) is 2.02. The van der Waals surface area contributed by atoms with E-state index in [9.17, 15) is 9.18 Å². The molecule has 1 fully saturated rings. The highest BCUT2D eigenvalue weighted by atomic mass is 19.1. The number of halogens is 1. The van der Waals surface area contributed by atoms with Gasteiger partial charge in [0.2, 0.25) is 5.91 Å². The number of carbonyl (C=O) groups excluding carboxylic acids is 1. The number of aryl methyl sites for hydroxylation is 1. The van der Waals surface area contributed by atoms with E-state index in [0.717, 1.165) is 27.7 Å². The number of amides is 1. The van der Waals surface area contributed by atoms with E-state index < -0.39 is 12.1 Å². The van der Waals surface area contributed by atoms with Crippen LogP contribution in [0.3, 0.4) is 0 Å². The number of alkyl halides is 1. The van der Waals surface area contributed by atoms with Gasteiger partial charge in [-0.3, -0.25) is 14.9 Å². The summed E-state index contributed by atoms with van der Waals surface area (Å²) >= 11 is 0. The van der Waals surface area contributed by atoms with Crippen LogP contribution in [0.1, 0.15) is 12.0 Å². The van der Waals surface area contributed by atoms with Crippen molar-refractivity contribution in [2.75, 3.05) is 5.32 Å². The molecule has 4 aromatic rings. The molecule has 0 radical (unpaired) electrons. The number of anilines is 1. The molecule has 7 nitrogen and oxygen atoms in total. The minimum Gasteiger partial charge on any atom is -0.309 e. The fourth-order valence-corrected chi connectivity index (χ4v) is 3.21. The SMILES string of the molecule is Cc1ccc2[nH]ncc2c1-c1cn2cc(NC(=O)[C@@H]3C[C@@H]3F)nc2cn1. The summed E-state index contributed by atoms with van der Waals surface area (Å²) in [5, 5.41) is 10.7. The van der Waals surface area contributed by atoms with E-state index in [0.29, 0.717) is 17.9 Å². The predicted molar refractivity (Wildman–Crippen MR) is 94.4 cm³/mol. The van der Waals surface area contributed by atoms with Gasteiger partial charge in [-0.25, -0.2) is 9.37 Å². The number of rotatable bonds is 3. The summed E-state index contributed by atoms with van der Waals surface area (Å²) < 4.78 is 14.8. The quantitative estimate of drug-likeness (QED) is 0.595. The lowest BCUT2D eigenvalue weighted by Crippen LogP contribution is -2.15. The number of nitrogens with zero attached hydrogens (tertiary/aromatic N) is 4. The van der Waals surface area contributed by atoms with Gasteiger partial charge in [-0.1, -0.05) is 6.07 Å². The third-order valence-electron chi connectivity index (χ3n) is 4.73. The van der Waals surface area contributed by atoms with Crippen LogP contribution >= 0.6 is 0 Å². The van der Waals surface area contributed by atoms with Crippen molar-refractivity contribution in [2.45, 2.75) is 19.5 Å². The lowest BCUT2D eigenvalue weighted by atomic mass is 10.0. The van der Waals surface area contributed by atoms with Crippen molar-refractivity contribution in [2.24, 2.45) is 5.92 Å². The first-order chi connectivity index (χ1) is 12.6. The first-order valence-corrected chi connectivity index (χ1v) is 8.33.